The first-order valence-corrected chi connectivity index (χ1v) is 11.5. The Hall–Kier alpha value is -3.49. The molecule has 3 aromatic rings. The number of halogens is 1. The molecular formula is C25H25ClN6O2. The monoisotopic (exact) mass is 476 g/mol. The predicted octanol–water partition coefficient (Wildman–Crippen LogP) is 3.81. The van der Waals surface area contributed by atoms with E-state index in [1.54, 1.807) is 18.3 Å². The van der Waals surface area contributed by atoms with E-state index in [1.807, 2.05) is 42.3 Å². The summed E-state index contributed by atoms with van der Waals surface area (Å²) >= 11 is 6.12. The molecule has 0 bridgehead atoms. The summed E-state index contributed by atoms with van der Waals surface area (Å²) in [5.41, 5.74) is 4.24. The smallest absolute Gasteiger partial charge is 0.253 e. The minimum Gasteiger partial charge on any atom is -0.337 e. The molecule has 174 valence electrons. The SMILES string of the molecule is CN1CCC(N(C)C(=O)c2ccc(Nc3ncc4c(n3)-c3ccc(Cl)cc3NC(=O)C4)cc2)C1. The van der Waals surface area contributed by atoms with E-state index in [1.165, 1.54) is 0 Å². The molecule has 3 heterocycles. The van der Waals surface area contributed by atoms with Crippen LogP contribution in [0.5, 0.6) is 0 Å². The van der Waals surface area contributed by atoms with Crippen molar-refractivity contribution in [3.63, 3.8) is 0 Å². The van der Waals surface area contributed by atoms with Crippen molar-refractivity contribution < 1.29 is 9.59 Å². The van der Waals surface area contributed by atoms with Gasteiger partial charge >= 0.3 is 0 Å². The van der Waals surface area contributed by atoms with E-state index in [2.05, 4.69) is 32.5 Å². The second-order valence-electron chi connectivity index (χ2n) is 8.81. The number of nitrogens with one attached hydrogen (secondary N) is 2. The fraction of sp³-hybridized carbons (Fsp3) is 0.280. The van der Waals surface area contributed by atoms with Gasteiger partial charge in [-0.1, -0.05) is 11.6 Å². The van der Waals surface area contributed by atoms with Crippen molar-refractivity contribution in [3.8, 4) is 11.3 Å². The number of hydrogen-bond donors (Lipinski definition) is 2. The third kappa shape index (κ3) is 4.47. The number of amides is 2. The number of carbonyl (C=O) groups is 2. The van der Waals surface area contributed by atoms with E-state index in [0.717, 1.165) is 36.3 Å². The number of nitrogens with zero attached hydrogens (tertiary/aromatic N) is 4. The molecule has 1 atom stereocenters. The van der Waals surface area contributed by atoms with Gasteiger partial charge < -0.3 is 20.4 Å². The lowest BCUT2D eigenvalue weighted by molar-refractivity contribution is -0.115. The number of anilines is 3. The first-order chi connectivity index (χ1) is 16.4. The number of likely N-dealkylation sites (tertiary alicyclic amines) is 1. The van der Waals surface area contributed by atoms with Gasteiger partial charge in [0, 0.05) is 53.2 Å². The first kappa shape index (κ1) is 22.3. The molecule has 0 aliphatic carbocycles. The van der Waals surface area contributed by atoms with Crippen molar-refractivity contribution >= 4 is 40.7 Å². The number of rotatable bonds is 4. The average molecular weight is 477 g/mol. The van der Waals surface area contributed by atoms with Crippen LogP contribution < -0.4 is 10.6 Å². The van der Waals surface area contributed by atoms with Gasteiger partial charge in [0.2, 0.25) is 11.9 Å². The van der Waals surface area contributed by atoms with Crippen molar-refractivity contribution in [2.45, 2.75) is 18.9 Å². The molecule has 9 heteroatoms. The normalized spacial score (nSPS) is 17.4. The van der Waals surface area contributed by atoms with E-state index in [9.17, 15) is 9.59 Å². The third-order valence-corrected chi connectivity index (χ3v) is 6.58. The number of aromatic nitrogens is 2. The van der Waals surface area contributed by atoms with Crippen LogP contribution >= 0.6 is 11.6 Å². The van der Waals surface area contributed by atoms with Crippen molar-refractivity contribution in [1.82, 2.24) is 19.8 Å². The molecule has 5 rings (SSSR count). The number of fused-ring (bicyclic) bond motifs is 3. The molecule has 1 saturated heterocycles. The first-order valence-electron chi connectivity index (χ1n) is 11.2. The van der Waals surface area contributed by atoms with E-state index in [-0.39, 0.29) is 24.3 Å². The Labute approximate surface area is 203 Å². The molecule has 1 aromatic heterocycles. The number of carbonyl (C=O) groups excluding carboxylic acids is 2. The van der Waals surface area contributed by atoms with Crippen molar-refractivity contribution in [1.29, 1.82) is 0 Å². The third-order valence-electron chi connectivity index (χ3n) is 6.35. The number of benzene rings is 2. The summed E-state index contributed by atoms with van der Waals surface area (Å²) in [6.07, 6.45) is 2.84. The molecule has 1 unspecified atom stereocenters. The summed E-state index contributed by atoms with van der Waals surface area (Å²) in [6, 6.07) is 12.9. The largest absolute Gasteiger partial charge is 0.337 e. The molecule has 2 aromatic carbocycles. The minimum absolute atomic E-state index is 0.0144. The molecule has 2 aliphatic heterocycles. The molecule has 8 nitrogen and oxygen atoms in total. The van der Waals surface area contributed by atoms with Gasteiger partial charge in [-0.2, -0.15) is 0 Å². The van der Waals surface area contributed by atoms with E-state index in [0.29, 0.717) is 27.9 Å². The molecule has 0 saturated carbocycles. The van der Waals surface area contributed by atoms with Gasteiger partial charge in [0.05, 0.1) is 17.8 Å². The molecular weight excluding hydrogens is 452 g/mol. The summed E-state index contributed by atoms with van der Waals surface area (Å²) < 4.78 is 0. The van der Waals surface area contributed by atoms with Gasteiger partial charge in [0.1, 0.15) is 0 Å². The standard InChI is InChI=1S/C25H25ClN6O2/c1-31-10-9-19(14-31)32(2)24(34)15-3-6-18(7-4-15)28-25-27-13-16-11-22(33)29-21-12-17(26)5-8-20(21)23(16)30-25/h3-8,12-13,19H,9-11,14H2,1-2H3,(H,29,33)(H,27,28,30). The van der Waals surface area contributed by atoms with Crippen LogP contribution in [0.25, 0.3) is 11.3 Å². The highest BCUT2D eigenvalue weighted by Crippen LogP contribution is 2.34. The molecule has 2 N–H and O–H groups in total. The maximum Gasteiger partial charge on any atom is 0.253 e. The zero-order valence-corrected chi connectivity index (χ0v) is 19.8. The van der Waals surface area contributed by atoms with Crippen molar-refractivity contribution in [2.24, 2.45) is 0 Å². The second kappa shape index (κ2) is 9.04. The summed E-state index contributed by atoms with van der Waals surface area (Å²) in [4.78, 5) is 38.3. The highest BCUT2D eigenvalue weighted by atomic mass is 35.5. The van der Waals surface area contributed by atoms with Gasteiger partial charge in [-0.25, -0.2) is 9.97 Å². The fourth-order valence-electron chi connectivity index (χ4n) is 4.45. The van der Waals surface area contributed by atoms with Gasteiger partial charge in [0.25, 0.3) is 5.91 Å². The molecule has 34 heavy (non-hydrogen) atoms. The Kier molecular flexibility index (Phi) is 5.93. The predicted molar refractivity (Wildman–Crippen MR) is 133 cm³/mol. The van der Waals surface area contributed by atoms with Crippen LogP contribution in [0, 0.1) is 0 Å². The quantitative estimate of drug-likeness (QED) is 0.595. The Morgan fingerprint density at radius 2 is 2.03 bits per heavy atom. The van der Waals surface area contributed by atoms with Gasteiger partial charge in [0.15, 0.2) is 0 Å². The summed E-state index contributed by atoms with van der Waals surface area (Å²) in [5.74, 6) is 0.279. The van der Waals surface area contributed by atoms with Crippen LogP contribution in [0.3, 0.4) is 0 Å². The molecule has 0 spiro atoms. The number of hydrogen-bond acceptors (Lipinski definition) is 6. The van der Waals surface area contributed by atoms with Crippen LogP contribution in [-0.4, -0.2) is 64.8 Å². The maximum absolute atomic E-state index is 12.9. The van der Waals surface area contributed by atoms with E-state index in [4.69, 9.17) is 11.6 Å². The topological polar surface area (TPSA) is 90.5 Å². The van der Waals surface area contributed by atoms with Gasteiger partial charge in [-0.05, 0) is 62.5 Å². The van der Waals surface area contributed by atoms with E-state index >= 15 is 0 Å². The van der Waals surface area contributed by atoms with Crippen LogP contribution in [0.15, 0.2) is 48.7 Å². The Morgan fingerprint density at radius 3 is 2.76 bits per heavy atom. The summed E-state index contributed by atoms with van der Waals surface area (Å²) in [6.45, 7) is 1.90. The van der Waals surface area contributed by atoms with Crippen LogP contribution in [0.1, 0.15) is 22.3 Å². The minimum atomic E-state index is -0.138. The molecule has 2 amide bonds. The highest BCUT2D eigenvalue weighted by molar-refractivity contribution is 6.31. The van der Waals surface area contributed by atoms with Crippen molar-refractivity contribution in [2.75, 3.05) is 37.8 Å². The lowest BCUT2D eigenvalue weighted by atomic mass is 10.1. The number of likely N-dealkylation sites (N-methyl/N-ethyl adjacent to an activating group) is 2. The lowest BCUT2D eigenvalue weighted by Gasteiger charge is -2.24. The summed E-state index contributed by atoms with van der Waals surface area (Å²) in [5, 5.41) is 6.61. The molecule has 2 aliphatic rings. The Bertz CT molecular complexity index is 1260. The summed E-state index contributed by atoms with van der Waals surface area (Å²) in [7, 11) is 3.94. The van der Waals surface area contributed by atoms with Crippen LogP contribution in [0.4, 0.5) is 17.3 Å². The Balaban J connectivity index is 1.35. The van der Waals surface area contributed by atoms with Gasteiger partial charge in [-0.3, -0.25) is 9.59 Å². The molecule has 1 fully saturated rings. The second-order valence-corrected chi connectivity index (χ2v) is 9.24. The maximum atomic E-state index is 12.9. The highest BCUT2D eigenvalue weighted by Gasteiger charge is 2.27. The van der Waals surface area contributed by atoms with Gasteiger partial charge in [-0.15, -0.1) is 0 Å². The Morgan fingerprint density at radius 1 is 1.24 bits per heavy atom. The van der Waals surface area contributed by atoms with Crippen molar-refractivity contribution in [3.05, 3.63) is 64.8 Å². The van der Waals surface area contributed by atoms with Crippen LogP contribution in [0.2, 0.25) is 5.02 Å². The fourth-order valence-corrected chi connectivity index (χ4v) is 4.62. The van der Waals surface area contributed by atoms with E-state index < -0.39 is 0 Å². The zero-order valence-electron chi connectivity index (χ0n) is 19.0. The lowest BCUT2D eigenvalue weighted by Crippen LogP contribution is -2.38. The van der Waals surface area contributed by atoms with Crippen LogP contribution in [-0.2, 0) is 11.2 Å². The zero-order chi connectivity index (χ0) is 23.8. The molecule has 0 radical (unpaired) electrons. The average Bonchev–Trinajstić information content (AvgIpc) is 3.20.